The van der Waals surface area contributed by atoms with Gasteiger partial charge in [-0.25, -0.2) is 0 Å². The lowest BCUT2D eigenvalue weighted by atomic mass is 9.82. The number of benzene rings is 1. The molecule has 0 bridgehead atoms. The molecular formula is C20H24BNO3. The lowest BCUT2D eigenvalue weighted by molar-refractivity contribution is 0.00578. The van der Waals surface area contributed by atoms with E-state index in [1.165, 1.54) is 0 Å². The first kappa shape index (κ1) is 17.7. The van der Waals surface area contributed by atoms with E-state index in [0.29, 0.717) is 0 Å². The van der Waals surface area contributed by atoms with Gasteiger partial charge in [-0.05, 0) is 74.6 Å². The minimum Gasteiger partial charge on any atom is -0.497 e. The quantitative estimate of drug-likeness (QED) is 0.786. The van der Waals surface area contributed by atoms with Gasteiger partial charge in [0.1, 0.15) is 5.75 Å². The van der Waals surface area contributed by atoms with Gasteiger partial charge >= 0.3 is 7.12 Å². The molecule has 0 aliphatic carbocycles. The maximum Gasteiger partial charge on any atom is 0.487 e. The molecule has 0 spiro atoms. The molecule has 130 valence electrons. The Bertz CT molecular complexity index is 738. The Labute approximate surface area is 150 Å². The van der Waals surface area contributed by atoms with Crippen LogP contribution < -0.4 is 4.74 Å². The van der Waals surface area contributed by atoms with E-state index in [4.69, 9.17) is 14.0 Å². The molecule has 0 amide bonds. The molecule has 0 radical (unpaired) electrons. The van der Waals surface area contributed by atoms with Gasteiger partial charge in [0, 0.05) is 12.4 Å². The third-order valence-corrected chi connectivity index (χ3v) is 4.97. The molecule has 2 heterocycles. The first-order valence-corrected chi connectivity index (χ1v) is 8.45. The highest BCUT2D eigenvalue weighted by molar-refractivity contribution is 6.53. The summed E-state index contributed by atoms with van der Waals surface area (Å²) >= 11 is 0. The molecule has 1 aliphatic rings. The third kappa shape index (κ3) is 3.62. The molecule has 0 atom stereocenters. The van der Waals surface area contributed by atoms with Crippen molar-refractivity contribution in [2.45, 2.75) is 38.9 Å². The van der Waals surface area contributed by atoms with E-state index in [2.05, 4.69) is 32.7 Å². The zero-order valence-electron chi connectivity index (χ0n) is 15.4. The highest BCUT2D eigenvalue weighted by Gasteiger charge is 2.50. The summed E-state index contributed by atoms with van der Waals surface area (Å²) in [6.45, 7) is 8.22. The van der Waals surface area contributed by atoms with Crippen molar-refractivity contribution in [3.8, 4) is 5.75 Å². The summed E-state index contributed by atoms with van der Waals surface area (Å²) in [5, 5.41) is 0. The van der Waals surface area contributed by atoms with E-state index in [0.717, 1.165) is 22.4 Å². The Morgan fingerprint density at radius 1 is 0.920 bits per heavy atom. The average Bonchev–Trinajstić information content (AvgIpc) is 2.80. The predicted molar refractivity (Wildman–Crippen MR) is 100 cm³/mol. The molecule has 25 heavy (non-hydrogen) atoms. The van der Waals surface area contributed by atoms with Crippen LogP contribution >= 0.6 is 0 Å². The van der Waals surface area contributed by atoms with Crippen molar-refractivity contribution in [3.05, 3.63) is 65.9 Å². The molecule has 1 aliphatic heterocycles. The van der Waals surface area contributed by atoms with Gasteiger partial charge in [-0.1, -0.05) is 12.1 Å². The molecule has 0 N–H and O–H groups in total. The summed E-state index contributed by atoms with van der Waals surface area (Å²) in [7, 11) is 1.26. The number of nitrogens with zero attached hydrogens (tertiary/aromatic N) is 1. The number of aromatic nitrogens is 1. The van der Waals surface area contributed by atoms with E-state index in [-0.39, 0.29) is 11.2 Å². The lowest BCUT2D eigenvalue weighted by Gasteiger charge is -2.32. The molecule has 1 aromatic heterocycles. The van der Waals surface area contributed by atoms with Gasteiger partial charge in [0.2, 0.25) is 0 Å². The van der Waals surface area contributed by atoms with Crippen LogP contribution in [-0.2, 0) is 9.31 Å². The molecule has 3 rings (SSSR count). The molecule has 2 aromatic rings. The largest absolute Gasteiger partial charge is 0.497 e. The summed E-state index contributed by atoms with van der Waals surface area (Å²) < 4.78 is 17.6. The van der Waals surface area contributed by atoms with Crippen molar-refractivity contribution < 1.29 is 14.0 Å². The first-order valence-electron chi connectivity index (χ1n) is 8.45. The Morgan fingerprint density at radius 3 is 1.96 bits per heavy atom. The van der Waals surface area contributed by atoms with Crippen molar-refractivity contribution in [2.75, 3.05) is 7.11 Å². The van der Waals surface area contributed by atoms with Crippen LogP contribution in [0.2, 0.25) is 0 Å². The lowest BCUT2D eigenvalue weighted by Crippen LogP contribution is -2.41. The van der Waals surface area contributed by atoms with Gasteiger partial charge < -0.3 is 14.0 Å². The van der Waals surface area contributed by atoms with Crippen LogP contribution in [-0.4, -0.2) is 30.4 Å². The summed E-state index contributed by atoms with van der Waals surface area (Å²) in [6.07, 6.45) is 3.58. The van der Waals surface area contributed by atoms with Gasteiger partial charge in [0.05, 0.1) is 18.3 Å². The number of methoxy groups -OCH3 is 1. The highest BCUT2D eigenvalue weighted by atomic mass is 16.7. The topological polar surface area (TPSA) is 40.6 Å². The van der Waals surface area contributed by atoms with Crippen LogP contribution in [0, 0.1) is 0 Å². The van der Waals surface area contributed by atoms with Crippen LogP contribution in [0.15, 0.2) is 54.8 Å². The second-order valence-corrected chi connectivity index (χ2v) is 7.17. The number of hydrogen-bond donors (Lipinski definition) is 0. The fourth-order valence-corrected chi connectivity index (χ4v) is 2.75. The van der Waals surface area contributed by atoms with Crippen LogP contribution in [0.25, 0.3) is 5.57 Å². The zero-order chi connectivity index (χ0) is 18.1. The van der Waals surface area contributed by atoms with Crippen LogP contribution in [0.1, 0.15) is 38.8 Å². The van der Waals surface area contributed by atoms with E-state index in [1.54, 1.807) is 19.5 Å². The molecule has 4 nitrogen and oxygen atoms in total. The van der Waals surface area contributed by atoms with Crippen molar-refractivity contribution in [3.63, 3.8) is 0 Å². The summed E-state index contributed by atoms with van der Waals surface area (Å²) in [5.41, 5.74) is 2.45. The van der Waals surface area contributed by atoms with Crippen LogP contribution in [0.5, 0.6) is 5.75 Å². The van der Waals surface area contributed by atoms with Crippen molar-refractivity contribution in [1.82, 2.24) is 4.98 Å². The van der Waals surface area contributed by atoms with E-state index < -0.39 is 7.12 Å². The smallest absolute Gasteiger partial charge is 0.487 e. The minimum atomic E-state index is -0.407. The van der Waals surface area contributed by atoms with Crippen molar-refractivity contribution in [2.24, 2.45) is 0 Å². The number of rotatable bonds is 4. The predicted octanol–water partition coefficient (Wildman–Crippen LogP) is 4.15. The fraction of sp³-hybridized carbons (Fsp3) is 0.350. The number of pyridine rings is 1. The normalized spacial score (nSPS) is 19.1. The standard InChI is InChI=1S/C20H24BNO3/c1-19(2)20(3,4)25-21(24-19)14-18(16-10-12-22-13-11-16)15-6-8-17(23-5)9-7-15/h6-14H,1-5H3/b18-14-. The fourth-order valence-electron chi connectivity index (χ4n) is 2.75. The maximum absolute atomic E-state index is 6.14. The number of hydrogen-bond acceptors (Lipinski definition) is 4. The SMILES string of the molecule is COc1ccc(/C(=C/B2OC(C)(C)C(C)(C)O2)c2ccncc2)cc1. The third-order valence-electron chi connectivity index (χ3n) is 4.97. The maximum atomic E-state index is 6.14. The first-order chi connectivity index (χ1) is 11.8. The highest BCUT2D eigenvalue weighted by Crippen LogP contribution is 2.38. The Balaban J connectivity index is 2.00. The van der Waals surface area contributed by atoms with Crippen molar-refractivity contribution >= 4 is 12.7 Å². The number of ether oxygens (including phenoxy) is 1. The van der Waals surface area contributed by atoms with E-state index in [9.17, 15) is 0 Å². The Morgan fingerprint density at radius 2 is 1.44 bits per heavy atom. The second-order valence-electron chi connectivity index (χ2n) is 7.17. The molecule has 1 aromatic carbocycles. The molecule has 0 unspecified atom stereocenters. The van der Waals surface area contributed by atoms with Gasteiger partial charge in [-0.3, -0.25) is 4.98 Å². The van der Waals surface area contributed by atoms with Crippen molar-refractivity contribution in [1.29, 1.82) is 0 Å². The van der Waals surface area contributed by atoms with Gasteiger partial charge in [-0.15, -0.1) is 0 Å². The molecular weight excluding hydrogens is 313 g/mol. The monoisotopic (exact) mass is 337 g/mol. The van der Waals surface area contributed by atoms with Crippen LogP contribution in [0.3, 0.4) is 0 Å². The molecule has 1 saturated heterocycles. The second kappa shape index (κ2) is 6.66. The molecule has 5 heteroatoms. The van der Waals surface area contributed by atoms with Gasteiger partial charge in [0.25, 0.3) is 0 Å². The van der Waals surface area contributed by atoms with Gasteiger partial charge in [0.15, 0.2) is 0 Å². The van der Waals surface area contributed by atoms with Gasteiger partial charge in [-0.2, -0.15) is 0 Å². The van der Waals surface area contributed by atoms with E-state index in [1.807, 2.05) is 42.4 Å². The Kier molecular flexibility index (Phi) is 4.72. The summed E-state index contributed by atoms with van der Waals surface area (Å²) in [6, 6.07) is 12.0. The van der Waals surface area contributed by atoms with Crippen LogP contribution in [0.4, 0.5) is 0 Å². The minimum absolute atomic E-state index is 0.364. The summed E-state index contributed by atoms with van der Waals surface area (Å²) in [5.74, 6) is 2.86. The van der Waals surface area contributed by atoms with E-state index >= 15 is 0 Å². The molecule has 1 fully saturated rings. The average molecular weight is 337 g/mol. The zero-order valence-corrected chi connectivity index (χ0v) is 15.4. The Hall–Kier alpha value is -2.11. The molecule has 0 saturated carbocycles. The summed E-state index contributed by atoms with van der Waals surface area (Å²) in [4.78, 5) is 4.12.